The van der Waals surface area contributed by atoms with Gasteiger partial charge in [-0.2, -0.15) is 0 Å². The highest BCUT2D eigenvalue weighted by molar-refractivity contribution is 5.74. The van der Waals surface area contributed by atoms with Gasteiger partial charge in [0.25, 0.3) is 0 Å². The maximum atomic E-state index is 11.3. The Labute approximate surface area is 98.2 Å². The molecule has 5 nitrogen and oxygen atoms in total. The number of amides is 2. The van der Waals surface area contributed by atoms with E-state index in [1.165, 1.54) is 0 Å². The Bertz CT molecular complexity index is 198. The Morgan fingerprint density at radius 1 is 1.38 bits per heavy atom. The fraction of sp³-hybridized carbons (Fsp3) is 0.909. The Hall–Kier alpha value is -0.810. The lowest BCUT2D eigenvalue weighted by molar-refractivity contribution is 0.212. The lowest BCUT2D eigenvalue weighted by Crippen LogP contribution is -2.45. The third-order valence-corrected chi connectivity index (χ3v) is 2.47. The molecule has 2 amide bonds. The highest BCUT2D eigenvalue weighted by atomic mass is 16.3. The van der Waals surface area contributed by atoms with E-state index in [0.29, 0.717) is 12.6 Å². The quantitative estimate of drug-likeness (QED) is 0.594. The van der Waals surface area contributed by atoms with Gasteiger partial charge in [-0.15, -0.1) is 0 Å². The number of hydrogen-bond acceptors (Lipinski definition) is 3. The van der Waals surface area contributed by atoms with Crippen molar-refractivity contribution >= 4 is 6.03 Å². The van der Waals surface area contributed by atoms with Crippen LogP contribution in [0.2, 0.25) is 0 Å². The Kier molecular flexibility index (Phi) is 7.93. The number of aliphatic hydroxyl groups excluding tert-OH is 1. The number of aliphatic hydroxyl groups is 1. The first-order chi connectivity index (χ1) is 7.51. The normalized spacial score (nSPS) is 12.9. The van der Waals surface area contributed by atoms with Gasteiger partial charge < -0.3 is 15.7 Å². The highest BCUT2D eigenvalue weighted by Gasteiger charge is 2.08. The number of carbonyl (C=O) groups is 1. The Balaban J connectivity index is 3.68. The molecule has 0 aromatic carbocycles. The number of rotatable bonds is 7. The van der Waals surface area contributed by atoms with Gasteiger partial charge in [0.15, 0.2) is 0 Å². The van der Waals surface area contributed by atoms with E-state index < -0.39 is 0 Å². The van der Waals surface area contributed by atoms with Gasteiger partial charge >= 0.3 is 6.03 Å². The molecule has 0 aromatic heterocycles. The summed E-state index contributed by atoms with van der Waals surface area (Å²) < 4.78 is 0. The molecule has 1 atom stereocenters. The summed E-state index contributed by atoms with van der Waals surface area (Å²) in [7, 11) is 0. The first-order valence-corrected chi connectivity index (χ1v) is 5.90. The third kappa shape index (κ3) is 6.63. The number of carbonyl (C=O) groups excluding carboxylic acids is 1. The monoisotopic (exact) mass is 231 g/mol. The van der Waals surface area contributed by atoms with Gasteiger partial charge in [0, 0.05) is 19.1 Å². The second kappa shape index (κ2) is 8.35. The number of likely N-dealkylation sites (N-methyl/N-ethyl adjacent to an activating group) is 1. The number of nitrogens with one attached hydrogen (secondary N) is 2. The summed E-state index contributed by atoms with van der Waals surface area (Å²) in [5.41, 5.74) is 0. The zero-order chi connectivity index (χ0) is 12.6. The summed E-state index contributed by atoms with van der Waals surface area (Å²) in [5.74, 6) is 0. The number of urea groups is 1. The molecular weight excluding hydrogens is 206 g/mol. The molecule has 3 N–H and O–H groups in total. The number of nitrogens with zero attached hydrogens (tertiary/aromatic N) is 1. The molecular formula is C11H25N3O2. The standard InChI is InChI=1S/C11H25N3O2/c1-5-14(9(2)3)7-6-12-11(16)13-10(4)8-15/h9-10,15H,5-8H2,1-4H3,(H2,12,13,16). The van der Waals surface area contributed by atoms with Crippen molar-refractivity contribution in [1.82, 2.24) is 15.5 Å². The minimum Gasteiger partial charge on any atom is -0.394 e. The molecule has 0 radical (unpaired) electrons. The molecule has 0 spiro atoms. The number of hydrogen-bond donors (Lipinski definition) is 3. The van der Waals surface area contributed by atoms with Crippen molar-refractivity contribution in [1.29, 1.82) is 0 Å². The van der Waals surface area contributed by atoms with Crippen LogP contribution in [0.4, 0.5) is 4.79 Å². The fourth-order valence-corrected chi connectivity index (χ4v) is 1.41. The zero-order valence-corrected chi connectivity index (χ0v) is 10.8. The zero-order valence-electron chi connectivity index (χ0n) is 10.8. The lowest BCUT2D eigenvalue weighted by Gasteiger charge is -2.24. The van der Waals surface area contributed by atoms with E-state index >= 15 is 0 Å². The molecule has 0 aliphatic rings. The van der Waals surface area contributed by atoms with E-state index in [-0.39, 0.29) is 18.7 Å². The van der Waals surface area contributed by atoms with Crippen LogP contribution in [0.25, 0.3) is 0 Å². The van der Waals surface area contributed by atoms with Crippen molar-refractivity contribution in [3.05, 3.63) is 0 Å². The van der Waals surface area contributed by atoms with Gasteiger partial charge in [-0.05, 0) is 27.3 Å². The van der Waals surface area contributed by atoms with Crippen molar-refractivity contribution in [2.75, 3.05) is 26.2 Å². The van der Waals surface area contributed by atoms with Crippen LogP contribution in [0.5, 0.6) is 0 Å². The molecule has 0 aliphatic heterocycles. The van der Waals surface area contributed by atoms with E-state index in [2.05, 4.69) is 36.3 Å². The van der Waals surface area contributed by atoms with Crippen LogP contribution in [0.1, 0.15) is 27.7 Å². The van der Waals surface area contributed by atoms with E-state index in [0.717, 1.165) is 13.1 Å². The maximum Gasteiger partial charge on any atom is 0.315 e. The summed E-state index contributed by atoms with van der Waals surface area (Å²) >= 11 is 0. The summed E-state index contributed by atoms with van der Waals surface area (Å²) in [6.07, 6.45) is 0. The summed E-state index contributed by atoms with van der Waals surface area (Å²) in [5, 5.41) is 14.2. The van der Waals surface area contributed by atoms with Crippen molar-refractivity contribution in [3.63, 3.8) is 0 Å². The third-order valence-electron chi connectivity index (χ3n) is 2.47. The highest BCUT2D eigenvalue weighted by Crippen LogP contribution is 1.95. The molecule has 0 saturated carbocycles. The largest absolute Gasteiger partial charge is 0.394 e. The van der Waals surface area contributed by atoms with Gasteiger partial charge in [0.05, 0.1) is 12.6 Å². The molecule has 0 bridgehead atoms. The molecule has 0 fully saturated rings. The molecule has 0 heterocycles. The summed E-state index contributed by atoms with van der Waals surface area (Å²) in [6.45, 7) is 10.5. The van der Waals surface area contributed by atoms with Crippen LogP contribution < -0.4 is 10.6 Å². The van der Waals surface area contributed by atoms with Gasteiger partial charge in [0.2, 0.25) is 0 Å². The van der Waals surface area contributed by atoms with Crippen molar-refractivity contribution < 1.29 is 9.90 Å². The average Bonchev–Trinajstić information content (AvgIpc) is 2.23. The topological polar surface area (TPSA) is 64.6 Å². The van der Waals surface area contributed by atoms with Gasteiger partial charge in [-0.3, -0.25) is 4.90 Å². The second-order valence-electron chi connectivity index (χ2n) is 4.21. The Morgan fingerprint density at radius 3 is 2.44 bits per heavy atom. The van der Waals surface area contributed by atoms with Crippen molar-refractivity contribution in [2.24, 2.45) is 0 Å². The first kappa shape index (κ1) is 15.2. The van der Waals surface area contributed by atoms with Crippen LogP contribution >= 0.6 is 0 Å². The minimum atomic E-state index is -0.221. The molecule has 96 valence electrons. The SMILES string of the molecule is CCN(CCNC(=O)NC(C)CO)C(C)C. The fourth-order valence-electron chi connectivity index (χ4n) is 1.41. The molecule has 0 saturated heterocycles. The molecule has 1 unspecified atom stereocenters. The van der Waals surface area contributed by atoms with Crippen LogP contribution in [0.15, 0.2) is 0 Å². The lowest BCUT2D eigenvalue weighted by atomic mass is 10.3. The van der Waals surface area contributed by atoms with E-state index in [1.54, 1.807) is 6.92 Å². The van der Waals surface area contributed by atoms with Crippen LogP contribution in [-0.2, 0) is 0 Å². The van der Waals surface area contributed by atoms with E-state index in [4.69, 9.17) is 5.11 Å². The molecule has 0 aromatic rings. The Morgan fingerprint density at radius 2 is 2.00 bits per heavy atom. The second-order valence-corrected chi connectivity index (χ2v) is 4.21. The molecule has 16 heavy (non-hydrogen) atoms. The van der Waals surface area contributed by atoms with Gasteiger partial charge in [0.1, 0.15) is 0 Å². The molecule has 0 aliphatic carbocycles. The molecule has 5 heteroatoms. The van der Waals surface area contributed by atoms with E-state index in [9.17, 15) is 4.79 Å². The predicted molar refractivity (Wildman–Crippen MR) is 65.5 cm³/mol. The minimum absolute atomic E-state index is 0.0412. The summed E-state index contributed by atoms with van der Waals surface area (Å²) in [4.78, 5) is 13.6. The molecule has 0 rings (SSSR count). The van der Waals surface area contributed by atoms with E-state index in [1.807, 2.05) is 0 Å². The van der Waals surface area contributed by atoms with Crippen LogP contribution in [-0.4, -0.2) is 54.4 Å². The predicted octanol–water partition coefficient (Wildman–Crippen LogP) is 0.397. The smallest absolute Gasteiger partial charge is 0.315 e. The van der Waals surface area contributed by atoms with Crippen LogP contribution in [0, 0.1) is 0 Å². The van der Waals surface area contributed by atoms with Gasteiger partial charge in [-0.25, -0.2) is 4.79 Å². The van der Waals surface area contributed by atoms with Crippen molar-refractivity contribution in [2.45, 2.75) is 39.8 Å². The van der Waals surface area contributed by atoms with Crippen LogP contribution in [0.3, 0.4) is 0 Å². The first-order valence-electron chi connectivity index (χ1n) is 5.90. The average molecular weight is 231 g/mol. The summed E-state index contributed by atoms with van der Waals surface area (Å²) in [6, 6.07) is 0.0694. The van der Waals surface area contributed by atoms with Crippen molar-refractivity contribution in [3.8, 4) is 0 Å². The van der Waals surface area contributed by atoms with Gasteiger partial charge in [-0.1, -0.05) is 6.92 Å². The maximum absolute atomic E-state index is 11.3.